The molecule has 3 rings (SSSR count). The number of nitrogens with zero attached hydrogens (tertiary/aromatic N) is 1. The number of aliphatic hydroxyl groups is 1. The molecule has 1 N–H and O–H groups in total. The minimum atomic E-state index is -3.56. The van der Waals surface area contributed by atoms with Crippen LogP contribution in [0.15, 0.2) is 41.3 Å². The number of fused-ring (bicyclic) bond motifs is 1. The summed E-state index contributed by atoms with van der Waals surface area (Å²) >= 11 is 0. The maximum absolute atomic E-state index is 12.9. The van der Waals surface area contributed by atoms with E-state index in [1.165, 1.54) is 4.31 Å². The molecule has 22 heavy (non-hydrogen) atoms. The van der Waals surface area contributed by atoms with Gasteiger partial charge in [-0.05, 0) is 55.2 Å². The van der Waals surface area contributed by atoms with Gasteiger partial charge < -0.3 is 5.11 Å². The van der Waals surface area contributed by atoms with Gasteiger partial charge in [0.05, 0.1) is 17.2 Å². The standard InChI is InChI=1S/C17H19NO3S/c1-12-3-5-15(6-4-12)22(20,21)18-8-7-16-13(2)9-14(11-19)10-17(16)18/h3-6,9-10,19H,7-8,11H2,1-2H3. The molecule has 0 fully saturated rings. The fraction of sp³-hybridized carbons (Fsp3) is 0.294. The lowest BCUT2D eigenvalue weighted by Crippen LogP contribution is -2.29. The zero-order valence-corrected chi connectivity index (χ0v) is 13.5. The van der Waals surface area contributed by atoms with E-state index in [-0.39, 0.29) is 6.61 Å². The first-order valence-electron chi connectivity index (χ1n) is 7.26. The molecule has 1 heterocycles. The second-order valence-corrected chi connectivity index (χ2v) is 7.57. The van der Waals surface area contributed by atoms with Crippen molar-refractivity contribution in [3.05, 3.63) is 58.7 Å². The Balaban J connectivity index is 2.09. The van der Waals surface area contributed by atoms with Crippen molar-refractivity contribution < 1.29 is 13.5 Å². The lowest BCUT2D eigenvalue weighted by atomic mass is 10.0. The molecule has 1 aliphatic heterocycles. The van der Waals surface area contributed by atoms with Gasteiger partial charge in [-0.3, -0.25) is 4.31 Å². The highest BCUT2D eigenvalue weighted by Crippen LogP contribution is 2.35. The molecule has 0 spiro atoms. The first-order chi connectivity index (χ1) is 10.4. The lowest BCUT2D eigenvalue weighted by molar-refractivity contribution is 0.282. The molecule has 0 radical (unpaired) electrons. The Morgan fingerprint density at radius 1 is 1.14 bits per heavy atom. The zero-order valence-electron chi connectivity index (χ0n) is 12.7. The molecule has 0 saturated heterocycles. The summed E-state index contributed by atoms with van der Waals surface area (Å²) in [6.45, 7) is 4.24. The highest BCUT2D eigenvalue weighted by Gasteiger charge is 2.31. The van der Waals surface area contributed by atoms with Gasteiger partial charge in [0.2, 0.25) is 0 Å². The van der Waals surface area contributed by atoms with Crippen LogP contribution in [0.1, 0.15) is 22.3 Å². The van der Waals surface area contributed by atoms with Crippen molar-refractivity contribution in [1.82, 2.24) is 0 Å². The van der Waals surface area contributed by atoms with Crippen LogP contribution < -0.4 is 4.31 Å². The van der Waals surface area contributed by atoms with Gasteiger partial charge in [0.1, 0.15) is 0 Å². The van der Waals surface area contributed by atoms with Crippen LogP contribution in [-0.2, 0) is 23.1 Å². The number of hydrogen-bond donors (Lipinski definition) is 1. The van der Waals surface area contributed by atoms with Gasteiger partial charge in [0.15, 0.2) is 0 Å². The van der Waals surface area contributed by atoms with Gasteiger partial charge in [0, 0.05) is 6.54 Å². The van der Waals surface area contributed by atoms with E-state index in [0.717, 1.165) is 22.3 Å². The topological polar surface area (TPSA) is 57.6 Å². The lowest BCUT2D eigenvalue weighted by Gasteiger charge is -2.20. The van der Waals surface area contributed by atoms with Crippen molar-refractivity contribution in [2.24, 2.45) is 0 Å². The highest BCUT2D eigenvalue weighted by atomic mass is 32.2. The molecule has 0 saturated carbocycles. The summed E-state index contributed by atoms with van der Waals surface area (Å²) in [5.74, 6) is 0. The minimum Gasteiger partial charge on any atom is -0.392 e. The first-order valence-corrected chi connectivity index (χ1v) is 8.70. The SMILES string of the molecule is Cc1ccc(S(=O)(=O)N2CCc3c(C)cc(CO)cc32)cc1. The molecule has 0 aliphatic carbocycles. The van der Waals surface area contributed by atoms with Gasteiger partial charge in [-0.2, -0.15) is 0 Å². The van der Waals surface area contributed by atoms with E-state index >= 15 is 0 Å². The second-order valence-electron chi connectivity index (χ2n) is 5.71. The van der Waals surface area contributed by atoms with Gasteiger partial charge >= 0.3 is 0 Å². The molecule has 2 aromatic carbocycles. The number of rotatable bonds is 3. The smallest absolute Gasteiger partial charge is 0.264 e. The van der Waals surface area contributed by atoms with E-state index in [2.05, 4.69) is 0 Å². The fourth-order valence-electron chi connectivity index (χ4n) is 2.93. The van der Waals surface area contributed by atoms with Crippen molar-refractivity contribution in [3.63, 3.8) is 0 Å². The van der Waals surface area contributed by atoms with Crippen LogP contribution in [0.5, 0.6) is 0 Å². The molecule has 4 nitrogen and oxygen atoms in total. The van der Waals surface area contributed by atoms with Gasteiger partial charge in [-0.1, -0.05) is 23.8 Å². The molecule has 0 atom stereocenters. The molecule has 2 aromatic rings. The Bertz CT molecular complexity index is 811. The second kappa shape index (κ2) is 5.41. The third kappa shape index (κ3) is 2.40. The third-order valence-corrected chi connectivity index (χ3v) is 5.96. The number of hydrogen-bond acceptors (Lipinski definition) is 3. The van der Waals surface area contributed by atoms with Crippen molar-refractivity contribution in [3.8, 4) is 0 Å². The number of aliphatic hydroxyl groups excluding tert-OH is 1. The van der Waals surface area contributed by atoms with Crippen molar-refractivity contribution >= 4 is 15.7 Å². The van der Waals surface area contributed by atoms with Crippen molar-refractivity contribution in [2.45, 2.75) is 31.8 Å². The summed E-state index contributed by atoms with van der Waals surface area (Å²) in [6.07, 6.45) is 0.706. The Morgan fingerprint density at radius 2 is 1.82 bits per heavy atom. The summed E-state index contributed by atoms with van der Waals surface area (Å²) in [4.78, 5) is 0.304. The van der Waals surface area contributed by atoms with Gasteiger partial charge in [0.25, 0.3) is 10.0 Å². The summed E-state index contributed by atoms with van der Waals surface area (Å²) in [7, 11) is -3.56. The molecule has 0 bridgehead atoms. The summed E-state index contributed by atoms with van der Waals surface area (Å²) < 4.78 is 27.2. The molecular weight excluding hydrogens is 298 g/mol. The number of anilines is 1. The predicted molar refractivity (Wildman–Crippen MR) is 86.5 cm³/mol. The van der Waals surface area contributed by atoms with Crippen LogP contribution in [0.2, 0.25) is 0 Å². The maximum atomic E-state index is 12.9. The average Bonchev–Trinajstić information content (AvgIpc) is 2.92. The van der Waals surface area contributed by atoms with Crippen LogP contribution in [0.3, 0.4) is 0 Å². The number of sulfonamides is 1. The Hall–Kier alpha value is -1.85. The summed E-state index contributed by atoms with van der Waals surface area (Å²) in [6, 6.07) is 10.6. The molecule has 1 aliphatic rings. The van der Waals surface area contributed by atoms with Gasteiger partial charge in [-0.25, -0.2) is 8.42 Å². The molecule has 0 unspecified atom stereocenters. The Kier molecular flexibility index (Phi) is 3.70. The molecule has 0 amide bonds. The summed E-state index contributed by atoms with van der Waals surface area (Å²) in [5, 5.41) is 9.36. The third-order valence-electron chi connectivity index (χ3n) is 4.13. The average molecular weight is 317 g/mol. The van der Waals surface area contributed by atoms with Crippen LogP contribution in [-0.4, -0.2) is 20.1 Å². The summed E-state index contributed by atoms with van der Waals surface area (Å²) in [5.41, 5.74) is 4.54. The first kappa shape index (κ1) is 15.1. The Morgan fingerprint density at radius 3 is 2.45 bits per heavy atom. The normalized spacial score (nSPS) is 14.2. The maximum Gasteiger partial charge on any atom is 0.264 e. The monoisotopic (exact) mass is 317 g/mol. The molecule has 0 aromatic heterocycles. The van der Waals surface area contributed by atoms with Crippen LogP contribution in [0.25, 0.3) is 0 Å². The van der Waals surface area contributed by atoms with Crippen LogP contribution in [0, 0.1) is 13.8 Å². The molecular formula is C17H19NO3S. The predicted octanol–water partition coefficient (Wildman–Crippen LogP) is 2.55. The molecule has 116 valence electrons. The number of benzene rings is 2. The zero-order chi connectivity index (χ0) is 15.9. The molecule has 5 heteroatoms. The van der Waals surface area contributed by atoms with E-state index in [0.29, 0.717) is 23.5 Å². The van der Waals surface area contributed by atoms with E-state index in [1.807, 2.05) is 19.9 Å². The van der Waals surface area contributed by atoms with E-state index < -0.39 is 10.0 Å². The van der Waals surface area contributed by atoms with Crippen molar-refractivity contribution in [2.75, 3.05) is 10.8 Å². The fourth-order valence-corrected chi connectivity index (χ4v) is 4.42. The van der Waals surface area contributed by atoms with E-state index in [9.17, 15) is 13.5 Å². The van der Waals surface area contributed by atoms with Crippen LogP contribution in [0.4, 0.5) is 5.69 Å². The highest BCUT2D eigenvalue weighted by molar-refractivity contribution is 7.92. The Labute approximate surface area is 131 Å². The van der Waals surface area contributed by atoms with Gasteiger partial charge in [-0.15, -0.1) is 0 Å². The van der Waals surface area contributed by atoms with Crippen LogP contribution >= 0.6 is 0 Å². The minimum absolute atomic E-state index is 0.0907. The van der Waals surface area contributed by atoms with E-state index in [4.69, 9.17) is 0 Å². The van der Waals surface area contributed by atoms with Crippen molar-refractivity contribution in [1.29, 1.82) is 0 Å². The largest absolute Gasteiger partial charge is 0.392 e. The number of aryl methyl sites for hydroxylation is 2. The quantitative estimate of drug-likeness (QED) is 0.946. The van der Waals surface area contributed by atoms with E-state index in [1.54, 1.807) is 30.3 Å².